The van der Waals surface area contributed by atoms with Gasteiger partial charge in [-0.25, -0.2) is 9.97 Å². The Labute approximate surface area is 170 Å². The van der Waals surface area contributed by atoms with Crippen LogP contribution in [0.15, 0.2) is 41.8 Å². The summed E-state index contributed by atoms with van der Waals surface area (Å²) in [7, 11) is 5.95. The second-order valence-corrected chi connectivity index (χ2v) is 8.13. The molecule has 3 aromatic rings. The van der Waals surface area contributed by atoms with E-state index in [-0.39, 0.29) is 5.91 Å². The number of thiophene rings is 1. The molecule has 28 heavy (non-hydrogen) atoms. The molecule has 0 spiro atoms. The number of nitrogens with zero attached hydrogens (tertiary/aromatic N) is 4. The Morgan fingerprint density at radius 2 is 1.93 bits per heavy atom. The zero-order chi connectivity index (χ0) is 19.9. The van der Waals surface area contributed by atoms with Crippen LogP contribution in [0, 0.1) is 0 Å². The monoisotopic (exact) mass is 397 g/mol. The van der Waals surface area contributed by atoms with E-state index in [0.717, 1.165) is 41.1 Å². The quantitative estimate of drug-likeness (QED) is 0.562. The minimum absolute atomic E-state index is 0.0692. The summed E-state index contributed by atoms with van der Waals surface area (Å²) >= 11 is 1.60. The lowest BCUT2D eigenvalue weighted by molar-refractivity contribution is -0.129. The standard InChI is InChI=1S/C21H27N5OS/c1-25(2)12-7-11-22-21-17-9-4-5-10-18(17)23-19(24-21)15-26(3)20(27)14-16-8-6-13-28-16/h4-6,8-10,13H,7,11-12,14-15H2,1-3H3,(H,22,23,24). The number of hydrogen-bond donors (Lipinski definition) is 1. The van der Waals surface area contributed by atoms with Gasteiger partial charge in [0.2, 0.25) is 5.91 Å². The lowest BCUT2D eigenvalue weighted by Crippen LogP contribution is -2.28. The van der Waals surface area contributed by atoms with E-state index in [1.165, 1.54) is 0 Å². The predicted molar refractivity (Wildman–Crippen MR) is 116 cm³/mol. The first kappa shape index (κ1) is 20.2. The molecule has 0 bridgehead atoms. The number of anilines is 1. The van der Waals surface area contributed by atoms with Crippen molar-refractivity contribution in [2.45, 2.75) is 19.4 Å². The summed E-state index contributed by atoms with van der Waals surface area (Å²) in [6.45, 7) is 2.25. The minimum Gasteiger partial charge on any atom is -0.369 e. The van der Waals surface area contributed by atoms with Crippen LogP contribution in [-0.4, -0.2) is 59.9 Å². The summed E-state index contributed by atoms with van der Waals surface area (Å²) in [5, 5.41) is 6.44. The Kier molecular flexibility index (Phi) is 6.95. The number of para-hydroxylation sites is 1. The van der Waals surface area contributed by atoms with Gasteiger partial charge in [-0.3, -0.25) is 4.79 Å². The Morgan fingerprint density at radius 3 is 2.68 bits per heavy atom. The third kappa shape index (κ3) is 5.50. The highest BCUT2D eigenvalue weighted by atomic mass is 32.1. The molecule has 0 fully saturated rings. The molecule has 1 aromatic carbocycles. The maximum atomic E-state index is 12.5. The summed E-state index contributed by atoms with van der Waals surface area (Å²) in [6.07, 6.45) is 1.44. The Bertz CT molecular complexity index is 910. The van der Waals surface area contributed by atoms with Crippen molar-refractivity contribution >= 4 is 34.0 Å². The zero-order valence-electron chi connectivity index (χ0n) is 16.7. The van der Waals surface area contributed by atoms with Gasteiger partial charge in [-0.1, -0.05) is 18.2 Å². The molecule has 1 N–H and O–H groups in total. The van der Waals surface area contributed by atoms with Crippen molar-refractivity contribution in [3.05, 3.63) is 52.5 Å². The van der Waals surface area contributed by atoms with Crippen molar-refractivity contribution in [2.24, 2.45) is 0 Å². The van der Waals surface area contributed by atoms with Crippen LogP contribution in [0.3, 0.4) is 0 Å². The van der Waals surface area contributed by atoms with Gasteiger partial charge in [-0.15, -0.1) is 11.3 Å². The van der Waals surface area contributed by atoms with E-state index < -0.39 is 0 Å². The lowest BCUT2D eigenvalue weighted by atomic mass is 10.2. The molecular weight excluding hydrogens is 370 g/mol. The van der Waals surface area contributed by atoms with Gasteiger partial charge >= 0.3 is 0 Å². The minimum atomic E-state index is 0.0692. The van der Waals surface area contributed by atoms with Crippen molar-refractivity contribution in [1.82, 2.24) is 19.8 Å². The molecule has 0 aliphatic rings. The van der Waals surface area contributed by atoms with E-state index in [1.54, 1.807) is 23.3 Å². The summed E-state index contributed by atoms with van der Waals surface area (Å²) in [6, 6.07) is 11.9. The number of carbonyl (C=O) groups excluding carboxylic acids is 1. The van der Waals surface area contributed by atoms with Crippen LogP contribution < -0.4 is 5.32 Å². The van der Waals surface area contributed by atoms with Gasteiger partial charge in [0.1, 0.15) is 5.82 Å². The second-order valence-electron chi connectivity index (χ2n) is 7.10. The molecule has 0 atom stereocenters. The molecule has 2 aromatic heterocycles. The fourth-order valence-corrected chi connectivity index (χ4v) is 3.63. The Morgan fingerprint density at radius 1 is 1.11 bits per heavy atom. The molecule has 0 aliphatic carbocycles. The molecule has 1 amide bonds. The highest BCUT2D eigenvalue weighted by Crippen LogP contribution is 2.21. The van der Waals surface area contributed by atoms with E-state index in [1.807, 2.05) is 41.8 Å². The van der Waals surface area contributed by atoms with Crippen molar-refractivity contribution in [2.75, 3.05) is 39.5 Å². The maximum Gasteiger partial charge on any atom is 0.227 e. The number of aromatic nitrogens is 2. The third-order valence-corrected chi connectivity index (χ3v) is 5.31. The molecule has 3 rings (SSSR count). The number of carbonyl (C=O) groups is 1. The van der Waals surface area contributed by atoms with E-state index in [0.29, 0.717) is 18.8 Å². The van der Waals surface area contributed by atoms with Gasteiger partial charge < -0.3 is 15.1 Å². The lowest BCUT2D eigenvalue weighted by Gasteiger charge is -2.17. The van der Waals surface area contributed by atoms with Gasteiger partial charge in [0, 0.05) is 23.9 Å². The molecule has 0 unspecified atom stereocenters. The van der Waals surface area contributed by atoms with Crippen LogP contribution in [0.25, 0.3) is 10.9 Å². The number of hydrogen-bond acceptors (Lipinski definition) is 6. The van der Waals surface area contributed by atoms with Gasteiger partial charge in [0.15, 0.2) is 5.82 Å². The van der Waals surface area contributed by atoms with Gasteiger partial charge in [0.05, 0.1) is 18.5 Å². The summed E-state index contributed by atoms with van der Waals surface area (Å²) in [4.78, 5) is 26.8. The topological polar surface area (TPSA) is 61.4 Å². The largest absolute Gasteiger partial charge is 0.369 e. The van der Waals surface area contributed by atoms with Crippen molar-refractivity contribution in [1.29, 1.82) is 0 Å². The van der Waals surface area contributed by atoms with Crippen LogP contribution >= 0.6 is 11.3 Å². The third-order valence-electron chi connectivity index (χ3n) is 4.43. The number of benzene rings is 1. The number of nitrogens with one attached hydrogen (secondary N) is 1. The molecule has 2 heterocycles. The first-order valence-electron chi connectivity index (χ1n) is 9.43. The molecular formula is C21H27N5OS. The van der Waals surface area contributed by atoms with E-state index >= 15 is 0 Å². The van der Waals surface area contributed by atoms with Crippen LogP contribution in [0.2, 0.25) is 0 Å². The molecule has 0 saturated carbocycles. The highest BCUT2D eigenvalue weighted by Gasteiger charge is 2.14. The van der Waals surface area contributed by atoms with Crippen molar-refractivity contribution < 1.29 is 4.79 Å². The molecule has 0 aliphatic heterocycles. The number of fused-ring (bicyclic) bond motifs is 1. The SMILES string of the molecule is CN(C)CCCNc1nc(CN(C)C(=O)Cc2cccs2)nc2ccccc12. The van der Waals surface area contributed by atoms with E-state index in [4.69, 9.17) is 4.98 Å². The summed E-state index contributed by atoms with van der Waals surface area (Å²) < 4.78 is 0. The van der Waals surface area contributed by atoms with Gasteiger partial charge in [-0.05, 0) is 50.6 Å². The summed E-state index contributed by atoms with van der Waals surface area (Å²) in [5.74, 6) is 1.55. The average molecular weight is 398 g/mol. The van der Waals surface area contributed by atoms with Crippen LogP contribution in [-0.2, 0) is 17.8 Å². The normalized spacial score (nSPS) is 11.1. The molecule has 148 valence electrons. The molecule has 7 heteroatoms. The number of rotatable bonds is 9. The van der Waals surface area contributed by atoms with E-state index in [9.17, 15) is 4.79 Å². The van der Waals surface area contributed by atoms with Gasteiger partial charge in [-0.2, -0.15) is 0 Å². The first-order valence-corrected chi connectivity index (χ1v) is 10.3. The Balaban J connectivity index is 1.72. The Hall–Kier alpha value is -2.51. The molecule has 0 radical (unpaired) electrons. The van der Waals surface area contributed by atoms with Crippen LogP contribution in [0.1, 0.15) is 17.1 Å². The highest BCUT2D eigenvalue weighted by molar-refractivity contribution is 7.10. The van der Waals surface area contributed by atoms with E-state index in [2.05, 4.69) is 29.3 Å². The fraction of sp³-hybridized carbons (Fsp3) is 0.381. The molecule has 6 nitrogen and oxygen atoms in total. The smallest absolute Gasteiger partial charge is 0.227 e. The van der Waals surface area contributed by atoms with Crippen LogP contribution in [0.5, 0.6) is 0 Å². The maximum absolute atomic E-state index is 12.5. The van der Waals surface area contributed by atoms with Crippen molar-refractivity contribution in [3.8, 4) is 0 Å². The number of likely N-dealkylation sites (N-methyl/N-ethyl adjacent to an activating group) is 1. The first-order chi connectivity index (χ1) is 13.5. The fourth-order valence-electron chi connectivity index (χ4n) is 2.93. The predicted octanol–water partition coefficient (Wildman–Crippen LogP) is 3.26. The second kappa shape index (κ2) is 9.61. The summed E-state index contributed by atoms with van der Waals surface area (Å²) in [5.41, 5.74) is 0.890. The number of amides is 1. The van der Waals surface area contributed by atoms with Crippen LogP contribution in [0.4, 0.5) is 5.82 Å². The van der Waals surface area contributed by atoms with Gasteiger partial charge in [0.25, 0.3) is 0 Å². The van der Waals surface area contributed by atoms with Crippen molar-refractivity contribution in [3.63, 3.8) is 0 Å². The average Bonchev–Trinajstić information content (AvgIpc) is 3.18. The molecule has 0 saturated heterocycles. The zero-order valence-corrected chi connectivity index (χ0v) is 17.5.